The topological polar surface area (TPSA) is 105 Å². The molecule has 0 saturated carbocycles. The molecule has 2 aliphatic rings. The Morgan fingerprint density at radius 2 is 1.91 bits per heavy atom. The van der Waals surface area contributed by atoms with Gasteiger partial charge < -0.3 is 10.6 Å². The maximum Gasteiger partial charge on any atom is 0.242 e. The van der Waals surface area contributed by atoms with Crippen LogP contribution in [0.3, 0.4) is 0 Å². The number of hydrazine groups is 2. The summed E-state index contributed by atoms with van der Waals surface area (Å²) in [5.74, 6) is -1.15. The van der Waals surface area contributed by atoms with Gasteiger partial charge >= 0.3 is 0 Å². The van der Waals surface area contributed by atoms with Crippen LogP contribution in [0.25, 0.3) is 0 Å². The van der Waals surface area contributed by atoms with E-state index in [0.29, 0.717) is 28.5 Å². The van der Waals surface area contributed by atoms with Gasteiger partial charge in [0.05, 0.1) is 12.1 Å². The average molecular weight is 623 g/mol. The molecule has 0 aliphatic carbocycles. The van der Waals surface area contributed by atoms with E-state index in [9.17, 15) is 10.1 Å². The number of halogens is 3. The van der Waals surface area contributed by atoms with Crippen molar-refractivity contribution in [1.82, 2.24) is 21.4 Å². The molecule has 3 aromatic rings. The number of anilines is 1. The van der Waals surface area contributed by atoms with Gasteiger partial charge in [0.1, 0.15) is 11.2 Å². The Kier molecular flexibility index (Phi) is 8.43. The van der Waals surface area contributed by atoms with E-state index in [4.69, 9.17) is 23.2 Å². The number of carbonyl (C=O) groups is 1. The lowest BCUT2D eigenvalue weighted by molar-refractivity contribution is -0.118. The van der Waals surface area contributed by atoms with E-state index < -0.39 is 29.2 Å². The molecule has 0 radical (unpaired) electrons. The first-order chi connectivity index (χ1) is 20.3. The fraction of sp³-hybridized carbons (Fsp3) is 0.344. The molecule has 2 aliphatic heterocycles. The molecule has 0 bridgehead atoms. The van der Waals surface area contributed by atoms with Gasteiger partial charge in [0.15, 0.2) is 5.84 Å². The maximum atomic E-state index is 15.9. The molecule has 1 amide bonds. The summed E-state index contributed by atoms with van der Waals surface area (Å²) in [6.45, 7) is 8.02. The number of hydrazone groups is 1. The molecule has 11 heteroatoms. The second kappa shape index (κ2) is 11.8. The number of hydrogen-bond donors (Lipinski definition) is 4. The average Bonchev–Trinajstić information content (AvgIpc) is 3.51. The minimum atomic E-state index is -1.47. The zero-order valence-electron chi connectivity index (χ0n) is 24.6. The van der Waals surface area contributed by atoms with Crippen LogP contribution in [0, 0.1) is 29.5 Å². The Balaban J connectivity index is 1.64. The van der Waals surface area contributed by atoms with E-state index in [1.165, 1.54) is 6.07 Å². The molecule has 224 valence electrons. The quantitative estimate of drug-likeness (QED) is 0.268. The third kappa shape index (κ3) is 5.93. The second-order valence-electron chi connectivity index (χ2n) is 12.3. The minimum Gasteiger partial charge on any atom is -0.325 e. The number of nitrogens with one attached hydrogen (secondary N) is 4. The summed E-state index contributed by atoms with van der Waals surface area (Å²) in [4.78, 5) is 14.3. The van der Waals surface area contributed by atoms with Gasteiger partial charge in [-0.15, -0.1) is 10.2 Å². The number of hydrogen-bond acceptors (Lipinski definition) is 7. The molecular weight excluding hydrogens is 588 g/mol. The van der Waals surface area contributed by atoms with Crippen LogP contribution in [-0.4, -0.2) is 36.0 Å². The SMILES string of the molecule is Cc1c(Cl)cccc1[C@H]1[C@H](C(=O)Nc2cccc(C3=NNN(C)N3)c2)N[C@@H](CC(C)(C)C)[C@]1(C#N)c1ccc(Cl)cc1F. The van der Waals surface area contributed by atoms with E-state index in [-0.39, 0.29) is 21.9 Å². The number of nitriles is 1. The van der Waals surface area contributed by atoms with Crippen molar-refractivity contribution in [2.75, 3.05) is 12.4 Å². The molecule has 0 spiro atoms. The van der Waals surface area contributed by atoms with E-state index >= 15 is 4.39 Å². The van der Waals surface area contributed by atoms with Gasteiger partial charge in [-0.3, -0.25) is 10.2 Å². The maximum absolute atomic E-state index is 15.9. The third-order valence-electron chi connectivity index (χ3n) is 8.05. The highest BCUT2D eigenvalue weighted by atomic mass is 35.5. The number of carbonyl (C=O) groups excluding carboxylic acids is 1. The van der Waals surface area contributed by atoms with E-state index in [2.05, 4.69) is 53.5 Å². The van der Waals surface area contributed by atoms with Crippen LogP contribution in [0.4, 0.5) is 10.1 Å². The highest BCUT2D eigenvalue weighted by Crippen LogP contribution is 2.53. The van der Waals surface area contributed by atoms with Gasteiger partial charge in [-0.25, -0.2) is 9.93 Å². The highest BCUT2D eigenvalue weighted by molar-refractivity contribution is 6.31. The molecule has 1 fully saturated rings. The van der Waals surface area contributed by atoms with Crippen molar-refractivity contribution in [3.05, 3.63) is 98.8 Å². The zero-order valence-corrected chi connectivity index (χ0v) is 26.1. The van der Waals surface area contributed by atoms with E-state index in [0.717, 1.165) is 11.1 Å². The van der Waals surface area contributed by atoms with Gasteiger partial charge in [0.2, 0.25) is 5.91 Å². The van der Waals surface area contributed by atoms with E-state index in [1.807, 2.05) is 31.2 Å². The number of benzene rings is 3. The first-order valence-corrected chi connectivity index (χ1v) is 14.7. The van der Waals surface area contributed by atoms with Gasteiger partial charge in [0.25, 0.3) is 0 Å². The predicted octanol–water partition coefficient (Wildman–Crippen LogP) is 6.02. The van der Waals surface area contributed by atoms with Crippen LogP contribution in [0.15, 0.2) is 65.8 Å². The van der Waals surface area contributed by atoms with Crippen LogP contribution < -0.4 is 21.6 Å². The number of amidine groups is 1. The summed E-state index contributed by atoms with van der Waals surface area (Å²) < 4.78 is 15.9. The summed E-state index contributed by atoms with van der Waals surface area (Å²) in [5.41, 5.74) is 7.06. The molecule has 4 atom stereocenters. The largest absolute Gasteiger partial charge is 0.325 e. The lowest BCUT2D eigenvalue weighted by atomic mass is 9.62. The molecule has 5 rings (SSSR count). The molecule has 4 N–H and O–H groups in total. The van der Waals surface area contributed by atoms with Gasteiger partial charge in [-0.05, 0) is 60.2 Å². The first kappa shape index (κ1) is 30.8. The molecule has 0 aromatic heterocycles. The van der Waals surface area contributed by atoms with Crippen LogP contribution in [0.5, 0.6) is 0 Å². The molecule has 3 aromatic carbocycles. The van der Waals surface area contributed by atoms with Crippen LogP contribution in [0.1, 0.15) is 55.4 Å². The zero-order chi connectivity index (χ0) is 31.1. The van der Waals surface area contributed by atoms with Crippen molar-refractivity contribution < 1.29 is 9.18 Å². The molecular formula is C32H34Cl2FN7O. The molecule has 1 saturated heterocycles. The van der Waals surface area contributed by atoms with Crippen molar-refractivity contribution in [3.63, 3.8) is 0 Å². The number of amides is 1. The standard InChI is InChI=1S/C32H34Cl2FN7O/c1-18-22(10-7-11-24(18)34)27-28(30(43)37-21-9-6-8-19(14-21)29-39-41-42(5)40-29)38-26(16-31(2,3)4)32(27,17-36)23-13-12-20(33)15-25(23)35/h6-15,26-28,38,41H,16H2,1-5H3,(H,37,43)(H,39,40)/t26-,27-,28+,32-/m0/s1. The predicted molar refractivity (Wildman–Crippen MR) is 168 cm³/mol. The van der Waals surface area contributed by atoms with Crippen LogP contribution in [-0.2, 0) is 10.2 Å². The molecule has 8 nitrogen and oxygen atoms in total. The van der Waals surface area contributed by atoms with Crippen LogP contribution in [0.2, 0.25) is 10.0 Å². The van der Waals surface area contributed by atoms with Crippen molar-refractivity contribution in [3.8, 4) is 6.07 Å². The third-order valence-corrected chi connectivity index (χ3v) is 8.69. The van der Waals surface area contributed by atoms with Crippen LogP contribution >= 0.6 is 23.2 Å². The Hall–Kier alpha value is -3.68. The number of nitrogens with zero attached hydrogens (tertiary/aromatic N) is 3. The Morgan fingerprint density at radius 1 is 1.16 bits per heavy atom. The minimum absolute atomic E-state index is 0.185. The van der Waals surface area contributed by atoms with Crippen molar-refractivity contribution in [2.45, 2.75) is 57.5 Å². The Bertz CT molecular complexity index is 1630. The lowest BCUT2D eigenvalue weighted by Gasteiger charge is -2.38. The number of rotatable bonds is 6. The molecule has 0 unspecified atom stereocenters. The first-order valence-electron chi connectivity index (χ1n) is 14.0. The van der Waals surface area contributed by atoms with Crippen molar-refractivity contribution in [2.24, 2.45) is 10.5 Å². The van der Waals surface area contributed by atoms with Gasteiger partial charge in [0, 0.05) is 45.9 Å². The summed E-state index contributed by atoms with van der Waals surface area (Å²) in [7, 11) is 1.78. The highest BCUT2D eigenvalue weighted by Gasteiger charge is 2.60. The fourth-order valence-corrected chi connectivity index (χ4v) is 6.53. The normalized spacial score (nSPS) is 23.7. The lowest BCUT2D eigenvalue weighted by Crippen LogP contribution is -2.44. The second-order valence-corrected chi connectivity index (χ2v) is 13.1. The Labute approximate surface area is 261 Å². The summed E-state index contributed by atoms with van der Waals surface area (Å²) >= 11 is 12.7. The summed E-state index contributed by atoms with van der Waals surface area (Å²) in [6, 6.07) is 18.1. The molecule has 2 heterocycles. The van der Waals surface area contributed by atoms with Gasteiger partial charge in [-0.1, -0.05) is 74.3 Å². The summed E-state index contributed by atoms with van der Waals surface area (Å²) in [5, 5.41) is 24.2. The van der Waals surface area contributed by atoms with Crippen molar-refractivity contribution in [1.29, 1.82) is 5.26 Å². The van der Waals surface area contributed by atoms with Crippen molar-refractivity contribution >= 4 is 40.6 Å². The molecule has 43 heavy (non-hydrogen) atoms. The van der Waals surface area contributed by atoms with E-state index in [1.54, 1.807) is 42.5 Å². The smallest absolute Gasteiger partial charge is 0.242 e. The fourth-order valence-electron chi connectivity index (χ4n) is 6.18. The Morgan fingerprint density at radius 3 is 2.56 bits per heavy atom. The van der Waals surface area contributed by atoms with Gasteiger partial charge in [-0.2, -0.15) is 5.26 Å². The summed E-state index contributed by atoms with van der Waals surface area (Å²) in [6.07, 6.45) is 0.490. The monoisotopic (exact) mass is 621 g/mol.